The van der Waals surface area contributed by atoms with Gasteiger partial charge in [0.1, 0.15) is 5.69 Å². The van der Waals surface area contributed by atoms with E-state index in [1.807, 2.05) is 0 Å². The fourth-order valence-electron chi connectivity index (χ4n) is 1.97. The van der Waals surface area contributed by atoms with Crippen LogP contribution in [0, 0.1) is 30.9 Å². The molecule has 2 aromatic heterocycles. The molecule has 2 heterocycles. The standard InChI is InChI=1S/C12H16N4O2S/c1-7-5-10(19-9(7)3)6-13-12-11(16(17)18)8(2)14-15(12)4/h5,13H,6H2,1-4H3. The Bertz CT molecular complexity index is 610. The van der Waals surface area contributed by atoms with E-state index in [0.717, 1.165) is 4.88 Å². The molecule has 0 saturated carbocycles. The maximum absolute atomic E-state index is 11.0. The zero-order chi connectivity index (χ0) is 14.2. The first-order chi connectivity index (χ1) is 8.90. The van der Waals surface area contributed by atoms with Crippen LogP contribution >= 0.6 is 11.3 Å². The fraction of sp³-hybridized carbons (Fsp3) is 0.417. The number of nitrogens with one attached hydrogen (secondary N) is 1. The zero-order valence-corrected chi connectivity index (χ0v) is 12.2. The molecule has 2 aromatic rings. The predicted molar refractivity (Wildman–Crippen MR) is 75.7 cm³/mol. The highest BCUT2D eigenvalue weighted by molar-refractivity contribution is 7.12. The first-order valence-corrected chi connectivity index (χ1v) is 6.69. The number of rotatable bonds is 4. The molecule has 2 rings (SSSR count). The summed E-state index contributed by atoms with van der Waals surface area (Å²) in [5, 5.41) is 18.2. The number of hydrogen-bond acceptors (Lipinski definition) is 5. The van der Waals surface area contributed by atoms with Gasteiger partial charge < -0.3 is 5.32 Å². The van der Waals surface area contributed by atoms with E-state index in [1.165, 1.54) is 15.1 Å². The smallest absolute Gasteiger partial charge is 0.333 e. The Morgan fingerprint density at radius 1 is 1.47 bits per heavy atom. The van der Waals surface area contributed by atoms with E-state index in [2.05, 4.69) is 30.3 Å². The molecule has 0 amide bonds. The van der Waals surface area contributed by atoms with Gasteiger partial charge in [0, 0.05) is 16.8 Å². The first kappa shape index (κ1) is 13.5. The minimum absolute atomic E-state index is 0.0486. The Labute approximate surface area is 115 Å². The van der Waals surface area contributed by atoms with E-state index >= 15 is 0 Å². The van der Waals surface area contributed by atoms with Gasteiger partial charge in [-0.25, -0.2) is 4.68 Å². The van der Waals surface area contributed by atoms with Gasteiger partial charge in [0.25, 0.3) is 0 Å². The molecule has 0 unspecified atom stereocenters. The lowest BCUT2D eigenvalue weighted by Crippen LogP contribution is -2.05. The molecule has 0 atom stereocenters. The summed E-state index contributed by atoms with van der Waals surface area (Å²) in [5.41, 5.74) is 1.72. The highest BCUT2D eigenvalue weighted by atomic mass is 32.1. The van der Waals surface area contributed by atoms with E-state index in [0.29, 0.717) is 18.1 Å². The number of anilines is 1. The third-order valence-corrected chi connectivity index (χ3v) is 4.17. The molecular weight excluding hydrogens is 264 g/mol. The molecule has 6 nitrogen and oxygen atoms in total. The lowest BCUT2D eigenvalue weighted by atomic mass is 10.3. The number of aromatic nitrogens is 2. The van der Waals surface area contributed by atoms with Gasteiger partial charge >= 0.3 is 5.69 Å². The minimum Gasteiger partial charge on any atom is -0.360 e. The number of nitrogens with zero attached hydrogens (tertiary/aromatic N) is 3. The summed E-state index contributed by atoms with van der Waals surface area (Å²) in [7, 11) is 1.70. The van der Waals surface area contributed by atoms with E-state index in [4.69, 9.17) is 0 Å². The number of nitro groups is 1. The van der Waals surface area contributed by atoms with E-state index in [9.17, 15) is 10.1 Å². The van der Waals surface area contributed by atoms with Gasteiger partial charge in [-0.15, -0.1) is 11.3 Å². The molecule has 0 aliphatic carbocycles. The monoisotopic (exact) mass is 280 g/mol. The van der Waals surface area contributed by atoms with Gasteiger partial charge in [0.15, 0.2) is 0 Å². The van der Waals surface area contributed by atoms with Crippen molar-refractivity contribution in [3.63, 3.8) is 0 Å². The SMILES string of the molecule is Cc1cc(CNc2c([N+](=O)[O-])c(C)nn2C)sc1C. The first-order valence-electron chi connectivity index (χ1n) is 5.88. The van der Waals surface area contributed by atoms with Gasteiger partial charge in [-0.05, 0) is 32.4 Å². The minimum atomic E-state index is -0.393. The second-order valence-electron chi connectivity index (χ2n) is 4.47. The average molecular weight is 280 g/mol. The lowest BCUT2D eigenvalue weighted by Gasteiger charge is -2.04. The van der Waals surface area contributed by atoms with E-state index in [-0.39, 0.29) is 5.69 Å². The molecule has 0 aliphatic heterocycles. The molecule has 1 N–H and O–H groups in total. The highest BCUT2D eigenvalue weighted by Gasteiger charge is 2.23. The summed E-state index contributed by atoms with van der Waals surface area (Å²) in [4.78, 5) is 13.1. The van der Waals surface area contributed by atoms with Crippen molar-refractivity contribution < 1.29 is 4.92 Å². The van der Waals surface area contributed by atoms with Gasteiger partial charge in [-0.1, -0.05) is 0 Å². The van der Waals surface area contributed by atoms with Crippen LogP contribution < -0.4 is 5.32 Å². The summed E-state index contributed by atoms with van der Waals surface area (Å²) in [6.45, 7) is 6.34. The van der Waals surface area contributed by atoms with Crippen LogP contribution in [0.1, 0.15) is 21.0 Å². The topological polar surface area (TPSA) is 73.0 Å². The van der Waals surface area contributed by atoms with Crippen LogP contribution in [0.4, 0.5) is 11.5 Å². The second kappa shape index (κ2) is 5.00. The predicted octanol–water partition coefficient (Wildman–Crippen LogP) is 2.93. The second-order valence-corrected chi connectivity index (χ2v) is 5.81. The molecular formula is C12H16N4O2S. The van der Waals surface area contributed by atoms with Crippen molar-refractivity contribution in [2.24, 2.45) is 7.05 Å². The Kier molecular flexibility index (Phi) is 3.57. The van der Waals surface area contributed by atoms with E-state index in [1.54, 1.807) is 25.3 Å². The Hall–Kier alpha value is -1.89. The largest absolute Gasteiger partial charge is 0.360 e. The quantitative estimate of drug-likeness (QED) is 0.690. The van der Waals surface area contributed by atoms with Crippen LogP contribution in [0.25, 0.3) is 0 Å². The van der Waals surface area contributed by atoms with Crippen LogP contribution in [0.5, 0.6) is 0 Å². The van der Waals surface area contributed by atoms with Crippen LogP contribution in [-0.4, -0.2) is 14.7 Å². The van der Waals surface area contributed by atoms with Crippen LogP contribution in [-0.2, 0) is 13.6 Å². The molecule has 19 heavy (non-hydrogen) atoms. The highest BCUT2D eigenvalue weighted by Crippen LogP contribution is 2.28. The maximum Gasteiger partial charge on any atom is 0.333 e. The number of aryl methyl sites for hydroxylation is 4. The number of hydrogen-bond donors (Lipinski definition) is 1. The van der Waals surface area contributed by atoms with Crippen molar-refractivity contribution >= 4 is 22.8 Å². The molecule has 0 saturated heterocycles. The molecule has 0 aliphatic rings. The van der Waals surface area contributed by atoms with Crippen molar-refractivity contribution in [2.75, 3.05) is 5.32 Å². The molecule has 0 spiro atoms. The third-order valence-electron chi connectivity index (χ3n) is 3.02. The Balaban J connectivity index is 2.22. The summed E-state index contributed by atoms with van der Waals surface area (Å²) in [6.07, 6.45) is 0. The molecule has 0 aromatic carbocycles. The van der Waals surface area contributed by atoms with Gasteiger partial charge in [0.2, 0.25) is 5.82 Å². The Morgan fingerprint density at radius 2 is 2.16 bits per heavy atom. The van der Waals surface area contributed by atoms with Gasteiger partial charge in [-0.3, -0.25) is 10.1 Å². The van der Waals surface area contributed by atoms with Gasteiger partial charge in [-0.2, -0.15) is 5.10 Å². The average Bonchev–Trinajstić information content (AvgIpc) is 2.76. The van der Waals surface area contributed by atoms with Crippen LogP contribution in [0.2, 0.25) is 0 Å². The van der Waals surface area contributed by atoms with Crippen molar-refractivity contribution in [1.82, 2.24) is 9.78 Å². The maximum atomic E-state index is 11.0. The van der Waals surface area contributed by atoms with Crippen LogP contribution in [0.15, 0.2) is 6.07 Å². The zero-order valence-electron chi connectivity index (χ0n) is 11.4. The van der Waals surface area contributed by atoms with Gasteiger partial charge in [0.05, 0.1) is 11.5 Å². The van der Waals surface area contributed by atoms with Crippen LogP contribution in [0.3, 0.4) is 0 Å². The summed E-state index contributed by atoms with van der Waals surface area (Å²) in [6, 6.07) is 2.10. The molecule has 0 radical (unpaired) electrons. The van der Waals surface area contributed by atoms with Crippen molar-refractivity contribution in [3.8, 4) is 0 Å². The van der Waals surface area contributed by atoms with E-state index < -0.39 is 4.92 Å². The van der Waals surface area contributed by atoms with Crippen molar-refractivity contribution in [3.05, 3.63) is 37.2 Å². The summed E-state index contributed by atoms with van der Waals surface area (Å²) >= 11 is 1.70. The molecule has 0 fully saturated rings. The Morgan fingerprint density at radius 3 is 2.68 bits per heavy atom. The lowest BCUT2D eigenvalue weighted by molar-refractivity contribution is -0.384. The molecule has 7 heteroatoms. The van der Waals surface area contributed by atoms with Crippen molar-refractivity contribution in [2.45, 2.75) is 27.3 Å². The summed E-state index contributed by atoms with van der Waals surface area (Å²) in [5.74, 6) is 0.450. The third kappa shape index (κ3) is 2.60. The molecule has 102 valence electrons. The number of thiophene rings is 1. The normalized spacial score (nSPS) is 10.7. The fourth-order valence-corrected chi connectivity index (χ4v) is 2.96. The van der Waals surface area contributed by atoms with Crippen molar-refractivity contribution in [1.29, 1.82) is 0 Å². The molecule has 0 bridgehead atoms. The summed E-state index contributed by atoms with van der Waals surface area (Å²) < 4.78 is 1.51.